The molecule has 1 aliphatic rings. The number of piperidine rings is 1. The molecule has 11 heteroatoms. The zero-order valence-electron chi connectivity index (χ0n) is 19.8. The van der Waals surface area contributed by atoms with Gasteiger partial charge in [-0.3, -0.25) is 9.69 Å². The van der Waals surface area contributed by atoms with Gasteiger partial charge in [0.05, 0.1) is 37.8 Å². The van der Waals surface area contributed by atoms with Crippen molar-refractivity contribution in [1.29, 1.82) is 0 Å². The van der Waals surface area contributed by atoms with Gasteiger partial charge in [-0.05, 0) is 49.7 Å². The molecule has 0 bridgehead atoms. The predicted octanol–water partition coefficient (Wildman–Crippen LogP) is 3.81. The van der Waals surface area contributed by atoms with Crippen LogP contribution in [0.15, 0.2) is 47.0 Å². The number of esters is 2. The number of hydrogen-bond donors (Lipinski definition) is 1. The molecule has 10 nitrogen and oxygen atoms in total. The average Bonchev–Trinajstić information content (AvgIpc) is 3.36. The van der Waals surface area contributed by atoms with Crippen LogP contribution in [0.5, 0.6) is 0 Å². The summed E-state index contributed by atoms with van der Waals surface area (Å²) in [4.78, 5) is 43.6. The molecule has 3 aromatic rings. The van der Waals surface area contributed by atoms with E-state index in [1.165, 1.54) is 32.4 Å². The van der Waals surface area contributed by atoms with Gasteiger partial charge in [0.1, 0.15) is 0 Å². The van der Waals surface area contributed by atoms with Crippen LogP contribution in [0.2, 0.25) is 5.02 Å². The van der Waals surface area contributed by atoms with E-state index in [0.717, 1.165) is 18.5 Å². The maximum Gasteiger partial charge on any atom is 0.337 e. The van der Waals surface area contributed by atoms with E-state index in [4.69, 9.17) is 25.6 Å². The highest BCUT2D eigenvalue weighted by Crippen LogP contribution is 2.24. The van der Waals surface area contributed by atoms with Crippen LogP contribution in [0.4, 0.5) is 5.69 Å². The summed E-state index contributed by atoms with van der Waals surface area (Å²) in [6.07, 6.45) is 1.50. The largest absolute Gasteiger partial charge is 0.465 e. The normalized spacial score (nSPS) is 15.8. The summed E-state index contributed by atoms with van der Waals surface area (Å²) in [5.74, 6) is -0.890. The summed E-state index contributed by atoms with van der Waals surface area (Å²) in [5, 5.41) is 7.44. The number of hydrogen-bond acceptors (Lipinski definition) is 9. The van der Waals surface area contributed by atoms with Gasteiger partial charge >= 0.3 is 11.9 Å². The molecule has 1 amide bonds. The van der Waals surface area contributed by atoms with Crippen LogP contribution in [-0.2, 0) is 20.8 Å². The third kappa shape index (κ3) is 6.07. The van der Waals surface area contributed by atoms with Crippen LogP contribution in [0.1, 0.15) is 39.4 Å². The molecule has 0 aliphatic carbocycles. The van der Waals surface area contributed by atoms with Gasteiger partial charge in [-0.15, -0.1) is 0 Å². The number of halogens is 1. The molecular weight excluding hydrogens is 488 g/mol. The second-order valence-electron chi connectivity index (χ2n) is 8.37. The summed E-state index contributed by atoms with van der Waals surface area (Å²) >= 11 is 6.05. The van der Waals surface area contributed by atoms with Crippen molar-refractivity contribution in [3.63, 3.8) is 0 Å². The molecule has 0 radical (unpaired) electrons. The molecule has 188 valence electrons. The van der Waals surface area contributed by atoms with E-state index < -0.39 is 11.9 Å². The molecule has 1 N–H and O–H groups in total. The number of amides is 1. The van der Waals surface area contributed by atoms with Crippen LogP contribution in [0, 0.1) is 5.92 Å². The molecule has 0 spiro atoms. The van der Waals surface area contributed by atoms with Crippen molar-refractivity contribution >= 4 is 35.1 Å². The fourth-order valence-corrected chi connectivity index (χ4v) is 4.27. The Morgan fingerprint density at radius 3 is 2.50 bits per heavy atom. The number of carbonyl (C=O) groups is 3. The van der Waals surface area contributed by atoms with Gasteiger partial charge in [0.2, 0.25) is 17.6 Å². The lowest BCUT2D eigenvalue weighted by Gasteiger charge is -2.30. The Balaban J connectivity index is 1.42. The minimum atomic E-state index is -0.628. The maximum absolute atomic E-state index is 13.1. The van der Waals surface area contributed by atoms with Crippen LogP contribution < -0.4 is 5.32 Å². The smallest absolute Gasteiger partial charge is 0.337 e. The molecule has 2 aromatic carbocycles. The van der Waals surface area contributed by atoms with E-state index in [1.807, 2.05) is 12.1 Å². The minimum absolute atomic E-state index is 0.132. The van der Waals surface area contributed by atoms with Gasteiger partial charge in [0.15, 0.2) is 0 Å². The summed E-state index contributed by atoms with van der Waals surface area (Å²) in [6, 6.07) is 11.5. The van der Waals surface area contributed by atoms with E-state index in [9.17, 15) is 14.4 Å². The third-order valence-corrected chi connectivity index (χ3v) is 6.06. The van der Waals surface area contributed by atoms with Crippen molar-refractivity contribution < 1.29 is 28.4 Å². The Morgan fingerprint density at radius 1 is 1.11 bits per heavy atom. The zero-order chi connectivity index (χ0) is 25.7. The Kier molecular flexibility index (Phi) is 7.97. The van der Waals surface area contributed by atoms with Gasteiger partial charge < -0.3 is 19.3 Å². The fourth-order valence-electron chi connectivity index (χ4n) is 4.08. The number of nitrogens with zero attached hydrogens (tertiary/aromatic N) is 3. The Hall–Kier alpha value is -3.76. The van der Waals surface area contributed by atoms with Crippen molar-refractivity contribution in [2.45, 2.75) is 19.4 Å². The van der Waals surface area contributed by atoms with E-state index in [2.05, 4.69) is 20.4 Å². The van der Waals surface area contributed by atoms with Gasteiger partial charge in [0, 0.05) is 22.8 Å². The monoisotopic (exact) mass is 512 g/mol. The van der Waals surface area contributed by atoms with Crippen molar-refractivity contribution in [3.8, 4) is 11.4 Å². The first kappa shape index (κ1) is 25.3. The maximum atomic E-state index is 13.1. The molecule has 1 unspecified atom stereocenters. The quantitative estimate of drug-likeness (QED) is 0.470. The van der Waals surface area contributed by atoms with Crippen LogP contribution >= 0.6 is 11.6 Å². The Morgan fingerprint density at radius 2 is 1.83 bits per heavy atom. The van der Waals surface area contributed by atoms with Gasteiger partial charge in [-0.25, -0.2) is 9.59 Å². The SMILES string of the molecule is COC(=O)c1cc(NC(=O)C2CCCN(Cc3nc(-c4cccc(Cl)c4)no3)C2)cc(C(=O)OC)c1. The lowest BCUT2D eigenvalue weighted by atomic mass is 9.97. The van der Waals surface area contributed by atoms with E-state index >= 15 is 0 Å². The number of methoxy groups -OCH3 is 2. The number of rotatable bonds is 7. The first-order valence-electron chi connectivity index (χ1n) is 11.3. The predicted molar refractivity (Wildman–Crippen MR) is 130 cm³/mol. The summed E-state index contributed by atoms with van der Waals surface area (Å²) in [5.41, 5.74) is 1.33. The third-order valence-electron chi connectivity index (χ3n) is 5.83. The molecule has 2 heterocycles. The lowest BCUT2D eigenvalue weighted by molar-refractivity contribution is -0.121. The Bertz CT molecular complexity index is 1240. The number of ether oxygens (including phenoxy) is 2. The molecule has 0 saturated carbocycles. The molecule has 1 atom stereocenters. The van der Waals surface area contributed by atoms with Crippen LogP contribution in [0.3, 0.4) is 0 Å². The standard InChI is InChI=1S/C25H25ClN4O6/c1-34-24(32)17-9-18(25(33)35-2)12-20(11-17)27-23(31)16-6-4-8-30(13-16)14-21-28-22(29-36-21)15-5-3-7-19(26)10-15/h3,5,7,9-12,16H,4,6,8,13-14H2,1-2H3,(H,27,31). The van der Waals surface area contributed by atoms with Gasteiger partial charge in [0.25, 0.3) is 0 Å². The second kappa shape index (κ2) is 11.3. The summed E-state index contributed by atoms with van der Waals surface area (Å²) in [6.45, 7) is 1.67. The van der Waals surface area contributed by atoms with Crippen molar-refractivity contribution in [2.75, 3.05) is 32.6 Å². The van der Waals surface area contributed by atoms with Crippen molar-refractivity contribution in [2.24, 2.45) is 5.92 Å². The van der Waals surface area contributed by atoms with Gasteiger partial charge in [-0.1, -0.05) is 28.9 Å². The molecule has 4 rings (SSSR count). The van der Waals surface area contributed by atoms with Crippen molar-refractivity contribution in [1.82, 2.24) is 15.0 Å². The van der Waals surface area contributed by atoms with Crippen LogP contribution in [-0.4, -0.2) is 60.2 Å². The molecule has 1 fully saturated rings. The summed E-state index contributed by atoms with van der Waals surface area (Å²) < 4.78 is 14.9. The lowest BCUT2D eigenvalue weighted by Crippen LogP contribution is -2.40. The molecular formula is C25H25ClN4O6. The second-order valence-corrected chi connectivity index (χ2v) is 8.80. The van der Waals surface area contributed by atoms with Gasteiger partial charge in [-0.2, -0.15) is 4.98 Å². The highest BCUT2D eigenvalue weighted by molar-refractivity contribution is 6.30. The highest BCUT2D eigenvalue weighted by Gasteiger charge is 2.27. The number of anilines is 1. The number of likely N-dealkylation sites (tertiary alicyclic amines) is 1. The molecule has 36 heavy (non-hydrogen) atoms. The Labute approximate surface area is 212 Å². The number of nitrogens with one attached hydrogen (secondary N) is 1. The topological polar surface area (TPSA) is 124 Å². The number of aromatic nitrogens is 2. The average molecular weight is 513 g/mol. The van der Waals surface area contributed by atoms with Crippen LogP contribution in [0.25, 0.3) is 11.4 Å². The van der Waals surface area contributed by atoms with E-state index in [1.54, 1.807) is 12.1 Å². The number of benzene rings is 2. The van der Waals surface area contributed by atoms with E-state index in [-0.39, 0.29) is 23.0 Å². The minimum Gasteiger partial charge on any atom is -0.465 e. The number of carbonyl (C=O) groups excluding carboxylic acids is 3. The fraction of sp³-hybridized carbons (Fsp3) is 0.320. The summed E-state index contributed by atoms with van der Waals surface area (Å²) in [7, 11) is 2.48. The van der Waals surface area contributed by atoms with Crippen molar-refractivity contribution in [3.05, 3.63) is 64.5 Å². The molecule has 1 saturated heterocycles. The molecule has 1 aromatic heterocycles. The zero-order valence-corrected chi connectivity index (χ0v) is 20.6. The first-order valence-corrected chi connectivity index (χ1v) is 11.7. The first-order chi connectivity index (χ1) is 17.4. The highest BCUT2D eigenvalue weighted by atomic mass is 35.5. The molecule has 1 aliphatic heterocycles. The van der Waals surface area contributed by atoms with E-state index in [0.29, 0.717) is 41.9 Å².